The van der Waals surface area contributed by atoms with E-state index in [-0.39, 0.29) is 13.2 Å². The molecule has 0 amide bonds. The molecule has 3 N–H and O–H groups in total. The molecule has 0 aliphatic carbocycles. The van der Waals surface area contributed by atoms with Crippen LogP contribution in [0.2, 0.25) is 0 Å². The minimum absolute atomic E-state index is 0.165. The van der Waals surface area contributed by atoms with Gasteiger partial charge in [0.2, 0.25) is 0 Å². The van der Waals surface area contributed by atoms with Crippen LogP contribution in [-0.4, -0.2) is 45.3 Å². The van der Waals surface area contributed by atoms with Crippen molar-refractivity contribution in [2.45, 2.75) is 36.6 Å². The van der Waals surface area contributed by atoms with Crippen LogP contribution in [0.15, 0.2) is 12.2 Å². The smallest absolute Gasteiger partial charge is 0.113 e. The van der Waals surface area contributed by atoms with Crippen molar-refractivity contribution in [1.82, 2.24) is 0 Å². The number of aliphatic hydroxyl groups is 3. The van der Waals surface area contributed by atoms with E-state index in [4.69, 9.17) is 4.74 Å². The Kier molecular flexibility index (Phi) is 2.02. The van der Waals surface area contributed by atoms with Crippen molar-refractivity contribution < 1.29 is 20.1 Å². The van der Waals surface area contributed by atoms with Gasteiger partial charge in [-0.3, -0.25) is 0 Å². The van der Waals surface area contributed by atoms with Crippen molar-refractivity contribution in [3.63, 3.8) is 0 Å². The van der Waals surface area contributed by atoms with Crippen molar-refractivity contribution in [3.05, 3.63) is 12.2 Å². The highest BCUT2D eigenvalue weighted by Gasteiger charge is 2.54. The monoisotopic (exact) mass is 200 g/mol. The van der Waals surface area contributed by atoms with Gasteiger partial charge in [-0.05, 0) is 6.92 Å². The molecule has 2 rings (SSSR count). The highest BCUT2D eigenvalue weighted by Crippen LogP contribution is 2.46. The first-order chi connectivity index (χ1) is 6.45. The number of aliphatic hydroxyl groups excluding tert-OH is 2. The van der Waals surface area contributed by atoms with E-state index in [0.717, 1.165) is 0 Å². The zero-order chi connectivity index (χ0) is 10.4. The number of hydrogen-bond acceptors (Lipinski definition) is 4. The van der Waals surface area contributed by atoms with Crippen LogP contribution in [0.4, 0.5) is 0 Å². The van der Waals surface area contributed by atoms with Gasteiger partial charge < -0.3 is 20.1 Å². The number of rotatable bonds is 2. The molecule has 80 valence electrons. The molecule has 1 saturated heterocycles. The summed E-state index contributed by atoms with van der Waals surface area (Å²) in [6, 6.07) is 0. The molecule has 0 aromatic rings. The lowest BCUT2D eigenvalue weighted by atomic mass is 9.81. The predicted octanol–water partition coefficient (Wildman–Crippen LogP) is -0.420. The van der Waals surface area contributed by atoms with Crippen LogP contribution < -0.4 is 0 Å². The van der Waals surface area contributed by atoms with E-state index < -0.39 is 16.8 Å². The third kappa shape index (κ3) is 1.39. The first kappa shape index (κ1) is 10.1. The molecule has 0 aromatic heterocycles. The zero-order valence-electron chi connectivity index (χ0n) is 8.23. The molecule has 0 spiro atoms. The van der Waals surface area contributed by atoms with Crippen LogP contribution in [0.3, 0.4) is 0 Å². The van der Waals surface area contributed by atoms with Crippen LogP contribution >= 0.6 is 0 Å². The SMILES string of the molecule is C[C@]1(O)C[C@@]2(CO)C=C[C@@](CO)(C1)O2. The molecular weight excluding hydrogens is 184 g/mol. The number of fused-ring (bicyclic) bond motifs is 2. The van der Waals surface area contributed by atoms with Gasteiger partial charge in [0.15, 0.2) is 0 Å². The van der Waals surface area contributed by atoms with Gasteiger partial charge >= 0.3 is 0 Å². The van der Waals surface area contributed by atoms with Crippen molar-refractivity contribution in [2.24, 2.45) is 0 Å². The molecule has 14 heavy (non-hydrogen) atoms. The Morgan fingerprint density at radius 2 is 1.57 bits per heavy atom. The summed E-state index contributed by atoms with van der Waals surface area (Å²) in [7, 11) is 0. The summed E-state index contributed by atoms with van der Waals surface area (Å²) in [5, 5.41) is 28.5. The molecular formula is C10H16O4. The molecule has 3 atom stereocenters. The van der Waals surface area contributed by atoms with Crippen molar-refractivity contribution in [1.29, 1.82) is 0 Å². The molecule has 2 bridgehead atoms. The third-order valence-corrected chi connectivity index (χ3v) is 2.99. The second-order valence-corrected chi connectivity index (χ2v) is 4.73. The normalized spacial score (nSPS) is 51.1. The molecule has 4 heteroatoms. The van der Waals surface area contributed by atoms with Gasteiger partial charge in [-0.15, -0.1) is 0 Å². The first-order valence-electron chi connectivity index (χ1n) is 4.80. The molecule has 4 nitrogen and oxygen atoms in total. The third-order valence-electron chi connectivity index (χ3n) is 2.99. The van der Waals surface area contributed by atoms with Crippen molar-refractivity contribution >= 4 is 0 Å². The summed E-state index contributed by atoms with van der Waals surface area (Å²) in [5.41, 5.74) is -2.50. The average Bonchev–Trinajstić information content (AvgIpc) is 2.40. The Morgan fingerprint density at radius 1 is 1.14 bits per heavy atom. The quantitative estimate of drug-likeness (QED) is 0.529. The number of ether oxygens (including phenoxy) is 1. The highest BCUT2D eigenvalue weighted by molar-refractivity contribution is 5.24. The van der Waals surface area contributed by atoms with Gasteiger partial charge in [0, 0.05) is 12.8 Å². The summed E-state index contributed by atoms with van der Waals surface area (Å²) >= 11 is 0. The Hall–Kier alpha value is -0.420. The number of hydrogen-bond donors (Lipinski definition) is 3. The second kappa shape index (κ2) is 2.79. The Morgan fingerprint density at radius 3 is 1.93 bits per heavy atom. The van der Waals surface area contributed by atoms with Gasteiger partial charge in [0.1, 0.15) is 11.2 Å². The summed E-state index contributed by atoms with van der Waals surface area (Å²) in [6.45, 7) is 1.38. The van der Waals surface area contributed by atoms with Crippen LogP contribution in [0.1, 0.15) is 19.8 Å². The van der Waals surface area contributed by atoms with Crippen LogP contribution in [-0.2, 0) is 4.74 Å². The maximum Gasteiger partial charge on any atom is 0.113 e. The standard InChI is InChI=1S/C10H16O4/c1-8(13)4-9(6-11)2-3-10(5-8,7-12)14-9/h2-3,11-13H,4-7H2,1H3/t8-,9+,10-. The molecule has 0 aromatic carbocycles. The fourth-order valence-electron chi connectivity index (χ4n) is 2.60. The van der Waals surface area contributed by atoms with Gasteiger partial charge in [0.05, 0.1) is 18.8 Å². The molecule has 2 heterocycles. The Balaban J connectivity index is 2.32. The van der Waals surface area contributed by atoms with Gasteiger partial charge in [-0.2, -0.15) is 0 Å². The average molecular weight is 200 g/mol. The van der Waals surface area contributed by atoms with E-state index in [1.54, 1.807) is 19.1 Å². The largest absolute Gasteiger partial charge is 0.393 e. The predicted molar refractivity (Wildman–Crippen MR) is 49.7 cm³/mol. The summed E-state index contributed by atoms with van der Waals surface area (Å²) in [6.07, 6.45) is 4.25. The minimum Gasteiger partial charge on any atom is -0.393 e. The maximum atomic E-state index is 10.0. The van der Waals surface area contributed by atoms with Crippen LogP contribution in [0.25, 0.3) is 0 Å². The first-order valence-corrected chi connectivity index (χ1v) is 4.80. The molecule has 2 aliphatic rings. The Labute approximate surface area is 82.8 Å². The summed E-state index contributed by atoms with van der Waals surface area (Å²) in [4.78, 5) is 0. The van der Waals surface area contributed by atoms with E-state index >= 15 is 0 Å². The van der Waals surface area contributed by atoms with E-state index in [0.29, 0.717) is 12.8 Å². The van der Waals surface area contributed by atoms with Gasteiger partial charge in [0.25, 0.3) is 0 Å². The lowest BCUT2D eigenvalue weighted by Crippen LogP contribution is -2.55. The second-order valence-electron chi connectivity index (χ2n) is 4.73. The fourth-order valence-corrected chi connectivity index (χ4v) is 2.60. The molecule has 1 fully saturated rings. The molecule has 2 aliphatic heterocycles. The van der Waals surface area contributed by atoms with E-state index in [2.05, 4.69) is 0 Å². The molecule has 0 radical (unpaired) electrons. The maximum absolute atomic E-state index is 10.0. The van der Waals surface area contributed by atoms with Crippen molar-refractivity contribution in [3.8, 4) is 0 Å². The molecule has 0 saturated carbocycles. The summed E-state index contributed by atoms with van der Waals surface area (Å²) in [5.74, 6) is 0. The minimum atomic E-state index is -0.896. The van der Waals surface area contributed by atoms with Gasteiger partial charge in [-0.25, -0.2) is 0 Å². The highest BCUT2D eigenvalue weighted by atomic mass is 16.6. The van der Waals surface area contributed by atoms with E-state index in [1.165, 1.54) is 0 Å². The van der Waals surface area contributed by atoms with Crippen LogP contribution in [0, 0.1) is 0 Å². The molecule has 0 unspecified atom stereocenters. The van der Waals surface area contributed by atoms with Crippen molar-refractivity contribution in [2.75, 3.05) is 13.2 Å². The van der Waals surface area contributed by atoms with Gasteiger partial charge in [-0.1, -0.05) is 12.2 Å². The lowest BCUT2D eigenvalue weighted by Gasteiger charge is -2.45. The summed E-state index contributed by atoms with van der Waals surface area (Å²) < 4.78 is 5.64. The topological polar surface area (TPSA) is 69.9 Å². The lowest BCUT2D eigenvalue weighted by molar-refractivity contribution is -0.212. The van der Waals surface area contributed by atoms with E-state index in [9.17, 15) is 15.3 Å². The fraction of sp³-hybridized carbons (Fsp3) is 0.800. The van der Waals surface area contributed by atoms with Crippen LogP contribution in [0.5, 0.6) is 0 Å². The zero-order valence-corrected chi connectivity index (χ0v) is 8.23. The van der Waals surface area contributed by atoms with E-state index in [1.807, 2.05) is 0 Å². The Bertz CT molecular complexity index is 249.